The van der Waals surface area contributed by atoms with E-state index < -0.39 is 0 Å². The van der Waals surface area contributed by atoms with E-state index in [0.29, 0.717) is 5.92 Å². The van der Waals surface area contributed by atoms with Gasteiger partial charge in [0, 0.05) is 23.2 Å². The fourth-order valence-electron chi connectivity index (χ4n) is 3.23. The van der Waals surface area contributed by atoms with E-state index in [2.05, 4.69) is 41.8 Å². The molecule has 0 fully saturated rings. The normalized spacial score (nSPS) is 12.8. The van der Waals surface area contributed by atoms with E-state index in [4.69, 9.17) is 4.74 Å². The first-order valence-corrected chi connectivity index (χ1v) is 9.55. The molecule has 0 heterocycles. The zero-order valence-electron chi connectivity index (χ0n) is 16.3. The number of ether oxygens (including phenoxy) is 1. The summed E-state index contributed by atoms with van der Waals surface area (Å²) < 4.78 is 5.25. The third kappa shape index (κ3) is 5.21. The largest absolute Gasteiger partial charge is 0.497 e. The summed E-state index contributed by atoms with van der Waals surface area (Å²) in [5, 5.41) is 5.14. The number of carbonyl (C=O) groups is 1. The highest BCUT2D eigenvalue weighted by atomic mass is 16.5. The lowest BCUT2D eigenvalue weighted by Gasteiger charge is -2.19. The number of carbonyl (C=O) groups excluding carboxylic acids is 1. The van der Waals surface area contributed by atoms with Crippen LogP contribution in [0, 0.1) is 0 Å². The highest BCUT2D eigenvalue weighted by Gasteiger charge is 2.25. The Morgan fingerprint density at radius 2 is 1.57 bits per heavy atom. The van der Waals surface area contributed by atoms with Crippen molar-refractivity contribution in [2.24, 2.45) is 0 Å². The zero-order chi connectivity index (χ0) is 19.8. The molecule has 0 spiro atoms. The van der Waals surface area contributed by atoms with Gasteiger partial charge < -0.3 is 15.4 Å². The molecule has 3 aromatic carbocycles. The molecule has 144 valence electrons. The number of amides is 1. The van der Waals surface area contributed by atoms with Crippen LogP contribution < -0.4 is 15.4 Å². The van der Waals surface area contributed by atoms with Crippen molar-refractivity contribution in [2.75, 3.05) is 19.0 Å². The summed E-state index contributed by atoms with van der Waals surface area (Å²) in [6, 6.07) is 27.4. The van der Waals surface area contributed by atoms with Crippen molar-refractivity contribution in [3.63, 3.8) is 0 Å². The van der Waals surface area contributed by atoms with Gasteiger partial charge in [0.05, 0.1) is 13.7 Å². The smallest absolute Gasteiger partial charge is 0.287 e. The van der Waals surface area contributed by atoms with Crippen LogP contribution in [0.4, 0.5) is 5.69 Å². The predicted octanol–water partition coefficient (Wildman–Crippen LogP) is 3.74. The summed E-state index contributed by atoms with van der Waals surface area (Å²) in [5.74, 6) is 1.02. The van der Waals surface area contributed by atoms with Gasteiger partial charge in [0.1, 0.15) is 5.75 Å². The maximum atomic E-state index is 13.1. The third-order valence-electron chi connectivity index (χ3n) is 4.87. The molecule has 0 radical (unpaired) electrons. The van der Waals surface area contributed by atoms with Gasteiger partial charge in [0.2, 0.25) is 0 Å². The molecule has 0 saturated heterocycles. The molecule has 4 nitrogen and oxygen atoms in total. The maximum absolute atomic E-state index is 13.1. The second kappa shape index (κ2) is 9.72. The first-order valence-electron chi connectivity index (χ1n) is 9.55. The standard InChI is InChI=1S/C24H26N2O2/c1-18(19-10-5-3-6-11-19)17-25-23(20-12-7-4-8-13-20)24(27)26-21-14-9-15-22(16-21)28-2/h3-16,18,23,25H,17H2,1-2H3,(H,26,27)/p+1/t18-,23-/m1/s1. The number of nitrogens with two attached hydrogens (primary N) is 1. The monoisotopic (exact) mass is 375 g/mol. The lowest BCUT2D eigenvalue weighted by molar-refractivity contribution is -0.684. The van der Waals surface area contributed by atoms with Crippen molar-refractivity contribution in [3.05, 3.63) is 96.1 Å². The van der Waals surface area contributed by atoms with Crippen molar-refractivity contribution in [1.29, 1.82) is 0 Å². The molecule has 2 atom stereocenters. The fraction of sp³-hybridized carbons (Fsp3) is 0.208. The van der Waals surface area contributed by atoms with Crippen molar-refractivity contribution >= 4 is 11.6 Å². The zero-order valence-corrected chi connectivity index (χ0v) is 16.3. The van der Waals surface area contributed by atoms with Crippen LogP contribution in [0.15, 0.2) is 84.9 Å². The maximum Gasteiger partial charge on any atom is 0.287 e. The van der Waals surface area contributed by atoms with Crippen LogP contribution in [0.1, 0.15) is 30.0 Å². The molecule has 0 unspecified atom stereocenters. The van der Waals surface area contributed by atoms with Crippen LogP contribution in [0.2, 0.25) is 0 Å². The molecule has 0 aliphatic heterocycles. The summed E-state index contributed by atoms with van der Waals surface area (Å²) in [6.07, 6.45) is 0. The Labute approximate surface area is 166 Å². The van der Waals surface area contributed by atoms with E-state index in [1.807, 2.05) is 60.7 Å². The highest BCUT2D eigenvalue weighted by Crippen LogP contribution is 2.19. The Kier molecular flexibility index (Phi) is 6.82. The fourth-order valence-corrected chi connectivity index (χ4v) is 3.23. The number of rotatable bonds is 8. The molecule has 28 heavy (non-hydrogen) atoms. The first-order chi connectivity index (χ1) is 13.7. The molecule has 0 aliphatic carbocycles. The van der Waals surface area contributed by atoms with Crippen LogP contribution in [0.25, 0.3) is 0 Å². The van der Waals surface area contributed by atoms with Crippen molar-refractivity contribution < 1.29 is 14.8 Å². The van der Waals surface area contributed by atoms with Crippen LogP contribution in [-0.4, -0.2) is 19.6 Å². The van der Waals surface area contributed by atoms with E-state index in [-0.39, 0.29) is 11.9 Å². The predicted molar refractivity (Wildman–Crippen MR) is 112 cm³/mol. The minimum absolute atomic E-state index is 0.0419. The summed E-state index contributed by atoms with van der Waals surface area (Å²) in [5.41, 5.74) is 3.00. The van der Waals surface area contributed by atoms with Gasteiger partial charge >= 0.3 is 0 Å². The number of anilines is 1. The minimum Gasteiger partial charge on any atom is -0.497 e. The molecule has 3 aromatic rings. The Morgan fingerprint density at radius 3 is 2.21 bits per heavy atom. The Balaban J connectivity index is 1.74. The van der Waals surface area contributed by atoms with Crippen LogP contribution in [0.3, 0.4) is 0 Å². The van der Waals surface area contributed by atoms with Gasteiger partial charge in [0.25, 0.3) is 5.91 Å². The molecule has 1 amide bonds. The molecule has 3 rings (SSSR count). The third-order valence-corrected chi connectivity index (χ3v) is 4.87. The second-order valence-corrected chi connectivity index (χ2v) is 6.89. The lowest BCUT2D eigenvalue weighted by Crippen LogP contribution is -2.88. The van der Waals surface area contributed by atoms with E-state index in [0.717, 1.165) is 23.5 Å². The minimum atomic E-state index is -0.321. The first kappa shape index (κ1) is 19.6. The molecule has 0 aliphatic rings. The van der Waals surface area contributed by atoms with E-state index in [9.17, 15) is 4.79 Å². The SMILES string of the molecule is COc1cccc(NC(=O)[C@H]([NH2+]C[C@@H](C)c2ccccc2)c2ccccc2)c1. The van der Waals surface area contributed by atoms with Crippen molar-refractivity contribution in [3.8, 4) is 5.75 Å². The summed E-state index contributed by atoms with van der Waals surface area (Å²) in [6.45, 7) is 3.00. The van der Waals surface area contributed by atoms with Gasteiger partial charge in [-0.05, 0) is 17.7 Å². The van der Waals surface area contributed by atoms with Gasteiger partial charge in [-0.1, -0.05) is 73.7 Å². The van der Waals surface area contributed by atoms with Crippen LogP contribution in [-0.2, 0) is 4.79 Å². The molecule has 0 saturated carbocycles. The summed E-state index contributed by atoms with van der Waals surface area (Å²) in [7, 11) is 1.62. The number of nitrogens with one attached hydrogen (secondary N) is 1. The van der Waals surface area contributed by atoms with E-state index in [1.165, 1.54) is 5.56 Å². The molecule has 4 heteroatoms. The molecule has 0 bridgehead atoms. The number of benzene rings is 3. The topological polar surface area (TPSA) is 54.9 Å². The summed E-state index contributed by atoms with van der Waals surface area (Å²) in [4.78, 5) is 13.1. The average molecular weight is 375 g/mol. The number of hydrogen-bond acceptors (Lipinski definition) is 2. The Bertz CT molecular complexity index is 881. The quantitative estimate of drug-likeness (QED) is 0.630. The second-order valence-electron chi connectivity index (χ2n) is 6.89. The Hall–Kier alpha value is -3.11. The molecule has 3 N–H and O–H groups in total. The van der Waals surface area contributed by atoms with Gasteiger partial charge in [-0.3, -0.25) is 4.79 Å². The highest BCUT2D eigenvalue weighted by molar-refractivity contribution is 5.94. The number of hydrogen-bond donors (Lipinski definition) is 2. The molecular formula is C24H27N2O2+. The van der Waals surface area contributed by atoms with Crippen molar-refractivity contribution in [2.45, 2.75) is 18.9 Å². The van der Waals surface area contributed by atoms with Gasteiger partial charge in [-0.15, -0.1) is 0 Å². The van der Waals surface area contributed by atoms with E-state index in [1.54, 1.807) is 7.11 Å². The summed E-state index contributed by atoms with van der Waals surface area (Å²) >= 11 is 0. The molecular weight excluding hydrogens is 348 g/mol. The van der Waals surface area contributed by atoms with Gasteiger partial charge in [0.15, 0.2) is 6.04 Å². The van der Waals surface area contributed by atoms with Gasteiger partial charge in [-0.25, -0.2) is 0 Å². The Morgan fingerprint density at radius 1 is 0.929 bits per heavy atom. The average Bonchev–Trinajstić information content (AvgIpc) is 2.75. The van der Waals surface area contributed by atoms with E-state index >= 15 is 0 Å². The molecule has 0 aromatic heterocycles. The van der Waals surface area contributed by atoms with Crippen LogP contribution >= 0.6 is 0 Å². The number of methoxy groups -OCH3 is 1. The number of quaternary nitrogens is 1. The lowest BCUT2D eigenvalue weighted by atomic mass is 9.99. The van der Waals surface area contributed by atoms with Crippen LogP contribution in [0.5, 0.6) is 5.75 Å². The van der Waals surface area contributed by atoms with Crippen molar-refractivity contribution in [1.82, 2.24) is 0 Å². The van der Waals surface area contributed by atoms with Gasteiger partial charge in [-0.2, -0.15) is 0 Å².